The van der Waals surface area contributed by atoms with Gasteiger partial charge in [-0.2, -0.15) is 5.10 Å². The zero-order valence-electron chi connectivity index (χ0n) is 17.5. The van der Waals surface area contributed by atoms with Crippen LogP contribution in [-0.4, -0.2) is 59.2 Å². The number of rotatable bonds is 6. The molecule has 8 nitrogen and oxygen atoms in total. The van der Waals surface area contributed by atoms with E-state index in [4.69, 9.17) is 10.5 Å². The third-order valence-corrected chi connectivity index (χ3v) is 6.04. The molecule has 0 atom stereocenters. The molecule has 3 rings (SSSR count). The number of carbonyl (C=O) groups is 2. The van der Waals surface area contributed by atoms with Crippen molar-refractivity contribution in [3.05, 3.63) is 52.0 Å². The molecule has 0 unspecified atom stereocenters. The standard InChI is InChI=1S/C21H25N5O3S/c1-13-14(2)23-24-19-16(13)17(22)18(30-19)20(27)25(3)10-11-26(4)21(28)29-12-15-8-6-5-7-9-15/h5-9H,10-12,22H2,1-4H3. The highest BCUT2D eigenvalue weighted by molar-refractivity contribution is 7.21. The van der Waals surface area contributed by atoms with E-state index in [1.165, 1.54) is 21.1 Å². The van der Waals surface area contributed by atoms with E-state index in [0.717, 1.165) is 22.2 Å². The lowest BCUT2D eigenvalue weighted by Gasteiger charge is -2.22. The molecule has 158 valence electrons. The number of thiophene rings is 1. The number of likely N-dealkylation sites (N-methyl/N-ethyl adjacent to an activating group) is 2. The van der Waals surface area contributed by atoms with Crippen molar-refractivity contribution < 1.29 is 14.3 Å². The van der Waals surface area contributed by atoms with Crippen LogP contribution >= 0.6 is 11.3 Å². The van der Waals surface area contributed by atoms with Gasteiger partial charge in [0.05, 0.1) is 11.4 Å². The van der Waals surface area contributed by atoms with Crippen molar-refractivity contribution >= 4 is 39.2 Å². The van der Waals surface area contributed by atoms with Crippen LogP contribution in [0.1, 0.15) is 26.5 Å². The zero-order valence-corrected chi connectivity index (χ0v) is 18.3. The molecule has 9 heteroatoms. The van der Waals surface area contributed by atoms with Crippen LogP contribution in [-0.2, 0) is 11.3 Å². The van der Waals surface area contributed by atoms with Crippen LogP contribution in [0.25, 0.3) is 10.2 Å². The summed E-state index contributed by atoms with van der Waals surface area (Å²) in [5.74, 6) is -0.210. The molecule has 2 aromatic heterocycles. The van der Waals surface area contributed by atoms with Gasteiger partial charge in [0.1, 0.15) is 16.3 Å². The van der Waals surface area contributed by atoms with E-state index in [9.17, 15) is 9.59 Å². The number of ether oxygens (including phenoxy) is 1. The van der Waals surface area contributed by atoms with E-state index < -0.39 is 6.09 Å². The fraction of sp³-hybridized carbons (Fsp3) is 0.333. The van der Waals surface area contributed by atoms with E-state index in [2.05, 4.69) is 10.2 Å². The molecule has 0 saturated heterocycles. The summed E-state index contributed by atoms with van der Waals surface area (Å²) in [4.78, 5) is 29.1. The predicted molar refractivity (Wildman–Crippen MR) is 118 cm³/mol. The number of hydrogen-bond donors (Lipinski definition) is 1. The lowest BCUT2D eigenvalue weighted by atomic mass is 10.1. The SMILES string of the molecule is Cc1nnc2sc(C(=O)N(C)CCN(C)C(=O)OCc3ccccc3)c(N)c2c1C. The molecular weight excluding hydrogens is 402 g/mol. The third kappa shape index (κ3) is 4.51. The second-order valence-corrected chi connectivity index (χ2v) is 8.12. The number of benzene rings is 1. The number of fused-ring (bicyclic) bond motifs is 1. The van der Waals surface area contributed by atoms with E-state index in [0.29, 0.717) is 28.5 Å². The Labute approximate surface area is 179 Å². The largest absolute Gasteiger partial charge is 0.445 e. The van der Waals surface area contributed by atoms with Crippen LogP contribution < -0.4 is 5.73 Å². The Hall–Kier alpha value is -3.20. The molecule has 0 radical (unpaired) electrons. The molecule has 0 fully saturated rings. The summed E-state index contributed by atoms with van der Waals surface area (Å²) in [7, 11) is 3.32. The van der Waals surface area contributed by atoms with Gasteiger partial charge in [0.15, 0.2) is 0 Å². The molecular formula is C21H25N5O3S. The maximum absolute atomic E-state index is 12.9. The van der Waals surface area contributed by atoms with Gasteiger partial charge in [-0.15, -0.1) is 16.4 Å². The molecule has 2 amide bonds. The highest BCUT2D eigenvalue weighted by atomic mass is 32.1. The second-order valence-electron chi connectivity index (χ2n) is 7.12. The zero-order chi connectivity index (χ0) is 21.8. The quantitative estimate of drug-likeness (QED) is 0.648. The van der Waals surface area contributed by atoms with Gasteiger partial charge in [-0.3, -0.25) is 4.79 Å². The molecule has 2 N–H and O–H groups in total. The number of carbonyl (C=O) groups excluding carboxylic acids is 2. The number of amides is 2. The Balaban J connectivity index is 1.59. The Morgan fingerprint density at radius 1 is 1.07 bits per heavy atom. The number of aromatic nitrogens is 2. The lowest BCUT2D eigenvalue weighted by molar-refractivity contribution is 0.0762. The highest BCUT2D eigenvalue weighted by Crippen LogP contribution is 2.35. The van der Waals surface area contributed by atoms with Gasteiger partial charge < -0.3 is 20.3 Å². The van der Waals surface area contributed by atoms with Crippen LogP contribution in [0.5, 0.6) is 0 Å². The molecule has 0 spiro atoms. The van der Waals surface area contributed by atoms with Gasteiger partial charge in [-0.1, -0.05) is 30.3 Å². The van der Waals surface area contributed by atoms with E-state index in [-0.39, 0.29) is 12.5 Å². The maximum atomic E-state index is 12.9. The van der Waals surface area contributed by atoms with E-state index in [1.54, 1.807) is 14.1 Å². The first-order valence-corrected chi connectivity index (χ1v) is 10.3. The first-order valence-electron chi connectivity index (χ1n) is 9.48. The number of nitrogens with zero attached hydrogens (tertiary/aromatic N) is 4. The molecule has 0 aliphatic carbocycles. The minimum Gasteiger partial charge on any atom is -0.445 e. The highest BCUT2D eigenvalue weighted by Gasteiger charge is 2.23. The van der Waals surface area contributed by atoms with Crippen molar-refractivity contribution in [3.63, 3.8) is 0 Å². The summed E-state index contributed by atoms with van der Waals surface area (Å²) in [5.41, 5.74) is 9.32. The molecule has 0 aliphatic rings. The van der Waals surface area contributed by atoms with E-state index in [1.807, 2.05) is 44.2 Å². The minimum atomic E-state index is -0.442. The van der Waals surface area contributed by atoms with Gasteiger partial charge in [0.25, 0.3) is 5.91 Å². The summed E-state index contributed by atoms with van der Waals surface area (Å²) < 4.78 is 5.30. The number of hydrogen-bond acceptors (Lipinski definition) is 7. The second kappa shape index (κ2) is 9.08. The fourth-order valence-corrected chi connectivity index (χ4v) is 3.99. The van der Waals surface area contributed by atoms with Crippen molar-refractivity contribution in [2.75, 3.05) is 32.9 Å². The first kappa shape index (κ1) is 21.5. The molecule has 1 aromatic carbocycles. The molecule has 0 saturated carbocycles. The van der Waals surface area contributed by atoms with Crippen LogP contribution in [0.15, 0.2) is 30.3 Å². The monoisotopic (exact) mass is 427 g/mol. The number of aryl methyl sites for hydroxylation is 2. The summed E-state index contributed by atoms with van der Waals surface area (Å²) in [6.07, 6.45) is -0.442. The minimum absolute atomic E-state index is 0.205. The van der Waals surface area contributed by atoms with E-state index >= 15 is 0 Å². The van der Waals surface area contributed by atoms with Crippen LogP contribution in [0.2, 0.25) is 0 Å². The van der Waals surface area contributed by atoms with Gasteiger partial charge in [-0.05, 0) is 25.0 Å². The summed E-state index contributed by atoms with van der Waals surface area (Å²) >= 11 is 1.23. The van der Waals surface area contributed by atoms with Gasteiger partial charge in [0.2, 0.25) is 0 Å². The Morgan fingerprint density at radius 3 is 2.43 bits per heavy atom. The van der Waals surface area contributed by atoms with Gasteiger partial charge in [-0.25, -0.2) is 4.79 Å². The fourth-order valence-electron chi connectivity index (χ4n) is 2.90. The van der Waals surface area contributed by atoms with Crippen molar-refractivity contribution in [1.29, 1.82) is 0 Å². The van der Waals surface area contributed by atoms with Crippen LogP contribution in [0, 0.1) is 13.8 Å². The average molecular weight is 428 g/mol. The Bertz CT molecular complexity index is 1070. The summed E-state index contributed by atoms with van der Waals surface area (Å²) in [6, 6.07) is 9.47. The Kier molecular flexibility index (Phi) is 6.51. The van der Waals surface area contributed by atoms with Crippen molar-refractivity contribution in [2.45, 2.75) is 20.5 Å². The van der Waals surface area contributed by atoms with Crippen molar-refractivity contribution in [2.24, 2.45) is 0 Å². The first-order chi connectivity index (χ1) is 14.3. The molecule has 0 aliphatic heterocycles. The predicted octanol–water partition coefficient (Wildman–Crippen LogP) is 3.23. The number of nitrogens with two attached hydrogens (primary N) is 1. The lowest BCUT2D eigenvalue weighted by Crippen LogP contribution is -2.37. The molecule has 3 aromatic rings. The smallest absolute Gasteiger partial charge is 0.409 e. The number of anilines is 1. The van der Waals surface area contributed by atoms with Gasteiger partial charge >= 0.3 is 6.09 Å². The van der Waals surface area contributed by atoms with Crippen molar-refractivity contribution in [3.8, 4) is 0 Å². The van der Waals surface area contributed by atoms with Gasteiger partial charge in [0, 0.05) is 32.6 Å². The number of nitrogen functional groups attached to an aromatic ring is 1. The maximum Gasteiger partial charge on any atom is 0.409 e. The molecule has 0 bridgehead atoms. The summed E-state index contributed by atoms with van der Waals surface area (Å²) in [6.45, 7) is 4.66. The van der Waals surface area contributed by atoms with Crippen LogP contribution in [0.3, 0.4) is 0 Å². The molecule has 2 heterocycles. The summed E-state index contributed by atoms with van der Waals surface area (Å²) in [5, 5.41) is 9.04. The van der Waals surface area contributed by atoms with Crippen LogP contribution in [0.4, 0.5) is 10.5 Å². The average Bonchev–Trinajstić information content (AvgIpc) is 3.09. The normalized spacial score (nSPS) is 10.8. The van der Waals surface area contributed by atoms with Crippen molar-refractivity contribution in [1.82, 2.24) is 20.0 Å². The Morgan fingerprint density at radius 2 is 1.73 bits per heavy atom. The molecule has 30 heavy (non-hydrogen) atoms. The topological polar surface area (TPSA) is 102 Å². The third-order valence-electron chi connectivity index (χ3n) is 4.96.